The highest BCUT2D eigenvalue weighted by Gasteiger charge is 2.34. The molecule has 0 fully saturated rings. The van der Waals surface area contributed by atoms with E-state index in [4.69, 9.17) is 11.1 Å². The normalized spacial score (nSPS) is 11.0. The Morgan fingerprint density at radius 1 is 1.38 bits per heavy atom. The van der Waals surface area contributed by atoms with E-state index < -0.39 is 29.2 Å². The van der Waals surface area contributed by atoms with Crippen LogP contribution in [0, 0.1) is 5.41 Å². The van der Waals surface area contributed by atoms with Gasteiger partial charge in [-0.3, -0.25) is 5.41 Å². The maximum Gasteiger partial charge on any atom is 0.417 e. The third-order valence-electron chi connectivity index (χ3n) is 2.69. The summed E-state index contributed by atoms with van der Waals surface area (Å²) in [6, 6.07) is 2.51. The standard InChI is InChI=1S/C13H17F3N4O/c1-2-3-6-19-12(21)20-8-4-5-9(11(17)18)10(7-8)13(14,15)16/h4-5,7H,2-3,6H2,1H3,(H3,17,18)(H2,19,20,21). The molecule has 1 aromatic carbocycles. The number of nitrogen functional groups attached to an aromatic ring is 1. The van der Waals surface area contributed by atoms with Gasteiger partial charge in [0.1, 0.15) is 5.84 Å². The van der Waals surface area contributed by atoms with Gasteiger partial charge in [0.25, 0.3) is 0 Å². The lowest BCUT2D eigenvalue weighted by atomic mass is 10.1. The van der Waals surface area contributed by atoms with Gasteiger partial charge in [-0.25, -0.2) is 4.79 Å². The molecule has 0 spiro atoms. The minimum atomic E-state index is -4.66. The number of unbranched alkanes of at least 4 members (excludes halogenated alkanes) is 1. The lowest BCUT2D eigenvalue weighted by Gasteiger charge is -2.14. The van der Waals surface area contributed by atoms with Gasteiger partial charge in [-0.2, -0.15) is 13.2 Å². The number of anilines is 1. The highest BCUT2D eigenvalue weighted by Crippen LogP contribution is 2.33. The van der Waals surface area contributed by atoms with Crippen LogP contribution in [0.4, 0.5) is 23.7 Å². The Morgan fingerprint density at radius 2 is 2.05 bits per heavy atom. The Hall–Kier alpha value is -2.25. The van der Waals surface area contributed by atoms with E-state index in [1.807, 2.05) is 6.92 Å². The Morgan fingerprint density at radius 3 is 2.57 bits per heavy atom. The molecule has 0 bridgehead atoms. The van der Waals surface area contributed by atoms with Crippen LogP contribution in [0.1, 0.15) is 30.9 Å². The summed E-state index contributed by atoms with van der Waals surface area (Å²) in [5.74, 6) is -0.679. The second kappa shape index (κ2) is 6.96. The van der Waals surface area contributed by atoms with E-state index in [2.05, 4.69) is 10.6 Å². The summed E-state index contributed by atoms with van der Waals surface area (Å²) < 4.78 is 38.7. The van der Waals surface area contributed by atoms with Crippen LogP contribution < -0.4 is 16.4 Å². The van der Waals surface area contributed by atoms with Gasteiger partial charge in [-0.1, -0.05) is 13.3 Å². The quantitative estimate of drug-likeness (QED) is 0.382. The van der Waals surface area contributed by atoms with Crippen molar-refractivity contribution in [1.29, 1.82) is 5.41 Å². The third kappa shape index (κ3) is 4.97. The summed E-state index contributed by atoms with van der Waals surface area (Å²) >= 11 is 0. The van der Waals surface area contributed by atoms with Gasteiger partial charge in [0.2, 0.25) is 0 Å². The maximum absolute atomic E-state index is 12.9. The van der Waals surface area contributed by atoms with Crippen molar-refractivity contribution < 1.29 is 18.0 Å². The van der Waals surface area contributed by atoms with Crippen LogP contribution in [-0.4, -0.2) is 18.4 Å². The first kappa shape index (κ1) is 16.8. The summed E-state index contributed by atoms with van der Waals surface area (Å²) in [6.45, 7) is 2.40. The van der Waals surface area contributed by atoms with Crippen molar-refractivity contribution in [1.82, 2.24) is 5.32 Å². The SMILES string of the molecule is CCCCNC(=O)Nc1ccc(C(=N)N)c(C(F)(F)F)c1. The number of nitrogens with one attached hydrogen (secondary N) is 3. The molecule has 116 valence electrons. The van der Waals surface area contributed by atoms with E-state index in [-0.39, 0.29) is 5.69 Å². The summed E-state index contributed by atoms with van der Waals surface area (Å²) in [5.41, 5.74) is 3.64. The van der Waals surface area contributed by atoms with Crippen molar-refractivity contribution in [2.45, 2.75) is 25.9 Å². The van der Waals surface area contributed by atoms with Gasteiger partial charge in [0, 0.05) is 17.8 Å². The largest absolute Gasteiger partial charge is 0.417 e. The molecule has 1 aromatic rings. The fourth-order valence-electron chi connectivity index (χ4n) is 1.65. The van der Waals surface area contributed by atoms with Crippen LogP contribution in [-0.2, 0) is 6.18 Å². The molecule has 2 amide bonds. The summed E-state index contributed by atoms with van der Waals surface area (Å²) in [6.07, 6.45) is -2.98. The second-order valence-corrected chi connectivity index (χ2v) is 4.41. The zero-order chi connectivity index (χ0) is 16.0. The molecule has 21 heavy (non-hydrogen) atoms. The van der Waals surface area contributed by atoms with Gasteiger partial charge in [-0.05, 0) is 24.6 Å². The molecule has 0 unspecified atom stereocenters. The lowest BCUT2D eigenvalue weighted by molar-refractivity contribution is -0.137. The van der Waals surface area contributed by atoms with Crippen LogP contribution >= 0.6 is 0 Å². The number of amidine groups is 1. The van der Waals surface area contributed by atoms with Crippen LogP contribution in [0.2, 0.25) is 0 Å². The highest BCUT2D eigenvalue weighted by molar-refractivity contribution is 5.98. The highest BCUT2D eigenvalue weighted by atomic mass is 19.4. The number of nitrogens with two attached hydrogens (primary N) is 1. The Labute approximate surface area is 120 Å². The number of benzene rings is 1. The number of urea groups is 1. The number of amides is 2. The van der Waals surface area contributed by atoms with Gasteiger partial charge in [0.15, 0.2) is 0 Å². The van der Waals surface area contributed by atoms with E-state index in [0.717, 1.165) is 25.0 Å². The predicted octanol–water partition coefficient (Wildman–Crippen LogP) is 2.91. The van der Waals surface area contributed by atoms with E-state index in [1.165, 1.54) is 6.07 Å². The molecular formula is C13H17F3N4O. The Kier molecular flexibility index (Phi) is 5.57. The molecule has 5 N–H and O–H groups in total. The van der Waals surface area contributed by atoms with E-state index in [1.54, 1.807) is 0 Å². The molecular weight excluding hydrogens is 285 g/mol. The molecule has 0 aliphatic rings. The molecule has 8 heteroatoms. The first-order valence-corrected chi connectivity index (χ1v) is 6.36. The van der Waals surface area contributed by atoms with Gasteiger partial charge in [0.05, 0.1) is 5.56 Å². The number of hydrogen-bond acceptors (Lipinski definition) is 2. The first-order chi connectivity index (χ1) is 9.75. The molecule has 0 atom stereocenters. The second-order valence-electron chi connectivity index (χ2n) is 4.41. The van der Waals surface area contributed by atoms with Crippen molar-refractivity contribution in [3.05, 3.63) is 29.3 Å². The minimum Gasteiger partial charge on any atom is -0.384 e. The molecule has 0 radical (unpaired) electrons. The predicted molar refractivity (Wildman–Crippen MR) is 74.4 cm³/mol. The molecule has 0 saturated heterocycles. The number of carbonyl (C=O) groups excluding carboxylic acids is 1. The van der Waals surface area contributed by atoms with Gasteiger partial charge >= 0.3 is 12.2 Å². The maximum atomic E-state index is 12.9. The van der Waals surface area contributed by atoms with Crippen molar-refractivity contribution in [3.63, 3.8) is 0 Å². The van der Waals surface area contributed by atoms with Crippen LogP contribution in [0.3, 0.4) is 0 Å². The number of carbonyl (C=O) groups is 1. The van der Waals surface area contributed by atoms with Crippen LogP contribution in [0.5, 0.6) is 0 Å². The molecule has 0 aliphatic carbocycles. The summed E-state index contributed by atoms with van der Waals surface area (Å²) in [7, 11) is 0. The molecule has 5 nitrogen and oxygen atoms in total. The fraction of sp³-hybridized carbons (Fsp3) is 0.385. The molecule has 0 aromatic heterocycles. The first-order valence-electron chi connectivity index (χ1n) is 6.36. The molecule has 0 saturated carbocycles. The molecule has 1 rings (SSSR count). The molecule has 0 heterocycles. The van der Waals surface area contributed by atoms with Crippen LogP contribution in [0.25, 0.3) is 0 Å². The molecule has 0 aliphatic heterocycles. The zero-order valence-corrected chi connectivity index (χ0v) is 11.5. The van der Waals surface area contributed by atoms with Gasteiger partial charge in [-0.15, -0.1) is 0 Å². The van der Waals surface area contributed by atoms with Crippen molar-refractivity contribution in [2.75, 3.05) is 11.9 Å². The number of alkyl halides is 3. The van der Waals surface area contributed by atoms with Crippen molar-refractivity contribution >= 4 is 17.6 Å². The summed E-state index contributed by atoms with van der Waals surface area (Å²) in [5, 5.41) is 12.0. The monoisotopic (exact) mass is 302 g/mol. The average molecular weight is 302 g/mol. The van der Waals surface area contributed by atoms with Crippen LogP contribution in [0.15, 0.2) is 18.2 Å². The minimum absolute atomic E-state index is 0.0127. The van der Waals surface area contributed by atoms with E-state index in [0.29, 0.717) is 6.54 Å². The van der Waals surface area contributed by atoms with Crippen molar-refractivity contribution in [3.8, 4) is 0 Å². The zero-order valence-electron chi connectivity index (χ0n) is 11.5. The van der Waals surface area contributed by atoms with Gasteiger partial charge < -0.3 is 16.4 Å². The van der Waals surface area contributed by atoms with Crippen molar-refractivity contribution in [2.24, 2.45) is 5.73 Å². The Balaban J connectivity index is 2.91. The number of halogens is 3. The lowest BCUT2D eigenvalue weighted by Crippen LogP contribution is -2.29. The smallest absolute Gasteiger partial charge is 0.384 e. The Bertz CT molecular complexity index is 529. The van der Waals surface area contributed by atoms with E-state index in [9.17, 15) is 18.0 Å². The topological polar surface area (TPSA) is 91.0 Å². The summed E-state index contributed by atoms with van der Waals surface area (Å²) in [4.78, 5) is 11.5. The number of hydrogen-bond donors (Lipinski definition) is 4. The average Bonchev–Trinajstić information content (AvgIpc) is 2.37. The fourth-order valence-corrected chi connectivity index (χ4v) is 1.65. The number of rotatable bonds is 5. The van der Waals surface area contributed by atoms with E-state index >= 15 is 0 Å². The third-order valence-corrected chi connectivity index (χ3v) is 2.69.